The van der Waals surface area contributed by atoms with Crippen LogP contribution in [0.2, 0.25) is 0 Å². The van der Waals surface area contributed by atoms with Gasteiger partial charge in [0.2, 0.25) is 5.91 Å². The van der Waals surface area contributed by atoms with Gasteiger partial charge in [0.1, 0.15) is 0 Å². The van der Waals surface area contributed by atoms with Crippen molar-refractivity contribution in [3.8, 4) is 0 Å². The van der Waals surface area contributed by atoms with E-state index in [4.69, 9.17) is 11.6 Å². The number of amides is 1. The predicted molar refractivity (Wildman–Crippen MR) is 78.2 cm³/mol. The van der Waals surface area contributed by atoms with Crippen LogP contribution in [0.15, 0.2) is 0 Å². The maximum absolute atomic E-state index is 13.0. The van der Waals surface area contributed by atoms with Crippen molar-refractivity contribution in [1.82, 2.24) is 4.90 Å². The van der Waals surface area contributed by atoms with Crippen LogP contribution >= 0.6 is 11.6 Å². The number of hydrogen-bond donors (Lipinski definition) is 0. The average Bonchev–Trinajstić information content (AvgIpc) is 2.36. The maximum Gasteiger partial charge on any atom is 0.228 e. The maximum atomic E-state index is 13.0. The molecule has 2 nitrogen and oxygen atoms in total. The molecule has 0 radical (unpaired) electrons. The summed E-state index contributed by atoms with van der Waals surface area (Å²) in [6.45, 7) is 3.76. The number of carbonyl (C=O) groups excluding carboxylic acids is 1. The van der Waals surface area contributed by atoms with Gasteiger partial charge in [0, 0.05) is 19.0 Å². The molecule has 0 heterocycles. The van der Waals surface area contributed by atoms with Gasteiger partial charge in [-0.15, -0.1) is 11.6 Å². The van der Waals surface area contributed by atoms with Crippen LogP contribution in [0.4, 0.5) is 0 Å². The molecule has 19 heavy (non-hydrogen) atoms. The number of hydrogen-bond acceptors (Lipinski definition) is 1. The molecule has 0 N–H and O–H groups in total. The average molecular weight is 284 g/mol. The minimum atomic E-state index is 0.00990. The highest BCUT2D eigenvalue weighted by atomic mass is 35.5. The first-order chi connectivity index (χ1) is 9.16. The minimum absolute atomic E-state index is 0.00990. The van der Waals surface area contributed by atoms with Gasteiger partial charge in [-0.2, -0.15) is 0 Å². The van der Waals surface area contributed by atoms with Crippen molar-refractivity contribution in [3.63, 3.8) is 0 Å². The second-order valence-electron chi connectivity index (χ2n) is 7.18. The first-order valence-electron chi connectivity index (χ1n) is 8.02. The summed E-state index contributed by atoms with van der Waals surface area (Å²) in [5.41, 5.74) is 0.00990. The van der Waals surface area contributed by atoms with Gasteiger partial charge in [0.25, 0.3) is 0 Å². The third kappa shape index (κ3) is 2.41. The van der Waals surface area contributed by atoms with Crippen molar-refractivity contribution >= 4 is 17.5 Å². The van der Waals surface area contributed by atoms with Gasteiger partial charge in [-0.05, 0) is 62.7 Å². The zero-order valence-electron chi connectivity index (χ0n) is 12.0. The van der Waals surface area contributed by atoms with E-state index in [2.05, 4.69) is 11.8 Å². The largest absolute Gasteiger partial charge is 0.341 e. The van der Waals surface area contributed by atoms with E-state index in [-0.39, 0.29) is 5.41 Å². The molecule has 3 heteroatoms. The summed E-state index contributed by atoms with van der Waals surface area (Å²) in [7, 11) is 0. The summed E-state index contributed by atoms with van der Waals surface area (Å²) in [6.07, 6.45) is 8.73. The van der Waals surface area contributed by atoms with E-state index in [1.807, 2.05) is 0 Å². The third-order valence-corrected chi connectivity index (χ3v) is 5.80. The Balaban J connectivity index is 1.78. The molecule has 108 valence electrons. The zero-order chi connectivity index (χ0) is 13.5. The number of rotatable bonds is 5. The Kier molecular flexibility index (Phi) is 3.81. The quantitative estimate of drug-likeness (QED) is 0.705. The lowest BCUT2D eigenvalue weighted by Gasteiger charge is -2.56. The normalized spacial score (nSPS) is 39.6. The van der Waals surface area contributed by atoms with Gasteiger partial charge < -0.3 is 4.90 Å². The van der Waals surface area contributed by atoms with Crippen LogP contribution in [-0.2, 0) is 4.79 Å². The Bertz CT molecular complexity index is 313. The van der Waals surface area contributed by atoms with E-state index in [0.717, 1.165) is 37.3 Å². The number of halogens is 1. The minimum Gasteiger partial charge on any atom is -0.341 e. The summed E-state index contributed by atoms with van der Waals surface area (Å²) in [6, 6.07) is 0. The third-order valence-electron chi connectivity index (χ3n) is 5.63. The van der Waals surface area contributed by atoms with E-state index in [9.17, 15) is 4.79 Å². The zero-order valence-corrected chi connectivity index (χ0v) is 12.8. The van der Waals surface area contributed by atoms with Gasteiger partial charge in [0.05, 0.1) is 5.41 Å². The summed E-state index contributed by atoms with van der Waals surface area (Å²) in [4.78, 5) is 15.1. The van der Waals surface area contributed by atoms with Crippen molar-refractivity contribution in [2.45, 2.75) is 51.9 Å². The molecule has 0 unspecified atom stereocenters. The van der Waals surface area contributed by atoms with Gasteiger partial charge in [-0.1, -0.05) is 6.92 Å². The van der Waals surface area contributed by atoms with Crippen LogP contribution in [0, 0.1) is 23.2 Å². The van der Waals surface area contributed by atoms with Crippen molar-refractivity contribution in [3.05, 3.63) is 0 Å². The molecule has 0 aromatic rings. The van der Waals surface area contributed by atoms with Gasteiger partial charge in [-0.3, -0.25) is 4.79 Å². The van der Waals surface area contributed by atoms with E-state index >= 15 is 0 Å². The molecule has 1 amide bonds. The number of nitrogens with zero attached hydrogens (tertiary/aromatic N) is 1. The van der Waals surface area contributed by atoms with Crippen molar-refractivity contribution in [1.29, 1.82) is 0 Å². The molecule has 0 aliphatic heterocycles. The first-order valence-corrected chi connectivity index (χ1v) is 8.55. The van der Waals surface area contributed by atoms with E-state index in [1.54, 1.807) is 0 Å². The lowest BCUT2D eigenvalue weighted by atomic mass is 9.49. The summed E-state index contributed by atoms with van der Waals surface area (Å²) < 4.78 is 0. The predicted octanol–water partition coefficient (Wildman–Crippen LogP) is 3.68. The van der Waals surface area contributed by atoms with Gasteiger partial charge in [0.15, 0.2) is 0 Å². The van der Waals surface area contributed by atoms with Crippen LogP contribution in [-0.4, -0.2) is 29.8 Å². The first kappa shape index (κ1) is 13.7. The molecule has 4 fully saturated rings. The Morgan fingerprint density at radius 2 is 1.63 bits per heavy atom. The van der Waals surface area contributed by atoms with Crippen molar-refractivity contribution in [2.75, 3.05) is 19.0 Å². The Labute approximate surface area is 121 Å². The van der Waals surface area contributed by atoms with Crippen LogP contribution in [0.3, 0.4) is 0 Å². The van der Waals surface area contributed by atoms with E-state index in [1.165, 1.54) is 38.5 Å². The Hall–Kier alpha value is -0.240. The molecular formula is C16H26ClNO. The molecule has 0 spiro atoms. The summed E-state index contributed by atoms with van der Waals surface area (Å²) >= 11 is 5.89. The fourth-order valence-corrected chi connectivity index (χ4v) is 5.60. The smallest absolute Gasteiger partial charge is 0.228 e. The molecule has 4 aliphatic carbocycles. The summed E-state index contributed by atoms with van der Waals surface area (Å²) in [5, 5.41) is 0. The van der Waals surface area contributed by atoms with Gasteiger partial charge >= 0.3 is 0 Å². The molecule has 4 saturated carbocycles. The molecular weight excluding hydrogens is 258 g/mol. The fourth-order valence-electron chi connectivity index (χ4n) is 5.39. The molecule has 0 saturated heterocycles. The monoisotopic (exact) mass is 283 g/mol. The number of alkyl halides is 1. The van der Waals surface area contributed by atoms with Crippen LogP contribution in [0.1, 0.15) is 51.9 Å². The Morgan fingerprint density at radius 1 is 1.11 bits per heavy atom. The standard InChI is InChI=1S/C16H26ClNO/c1-2-4-18(5-3-17)15(19)16-9-12-6-13(10-16)8-14(7-12)11-16/h12-14H,2-11H2,1H3. The highest BCUT2D eigenvalue weighted by molar-refractivity contribution is 6.18. The molecule has 4 rings (SSSR count). The molecule has 4 bridgehead atoms. The van der Waals surface area contributed by atoms with Crippen LogP contribution < -0.4 is 0 Å². The highest BCUT2D eigenvalue weighted by Gasteiger charge is 2.55. The highest BCUT2D eigenvalue weighted by Crippen LogP contribution is 2.60. The molecule has 0 atom stereocenters. The Morgan fingerprint density at radius 3 is 2.05 bits per heavy atom. The van der Waals surface area contributed by atoms with Crippen LogP contribution in [0.5, 0.6) is 0 Å². The lowest BCUT2D eigenvalue weighted by Crippen LogP contribution is -2.55. The molecule has 4 aliphatic rings. The second kappa shape index (κ2) is 5.27. The summed E-state index contributed by atoms with van der Waals surface area (Å²) in [5.74, 6) is 3.53. The van der Waals surface area contributed by atoms with Gasteiger partial charge in [-0.25, -0.2) is 0 Å². The van der Waals surface area contributed by atoms with E-state index in [0.29, 0.717) is 11.8 Å². The second-order valence-corrected chi connectivity index (χ2v) is 7.56. The SMILES string of the molecule is CCCN(CCCl)C(=O)C12CC3CC(CC(C3)C1)C2. The fraction of sp³-hybridized carbons (Fsp3) is 0.938. The molecule has 0 aromatic heterocycles. The van der Waals surface area contributed by atoms with Crippen molar-refractivity contribution in [2.24, 2.45) is 23.2 Å². The lowest BCUT2D eigenvalue weighted by molar-refractivity contribution is -0.157. The molecule has 0 aromatic carbocycles. The topological polar surface area (TPSA) is 20.3 Å². The van der Waals surface area contributed by atoms with Crippen LogP contribution in [0.25, 0.3) is 0 Å². The van der Waals surface area contributed by atoms with Crippen molar-refractivity contribution < 1.29 is 4.79 Å². The van der Waals surface area contributed by atoms with E-state index < -0.39 is 0 Å². The number of carbonyl (C=O) groups is 1.